The van der Waals surface area contributed by atoms with Crippen molar-refractivity contribution >= 4 is 16.5 Å². The van der Waals surface area contributed by atoms with Crippen molar-refractivity contribution in [2.75, 3.05) is 11.9 Å². The number of rotatable bonds is 5. The lowest BCUT2D eigenvalue weighted by Crippen LogP contribution is -2.27. The van der Waals surface area contributed by atoms with Gasteiger partial charge in [-0.05, 0) is 45.7 Å². The van der Waals surface area contributed by atoms with Gasteiger partial charge in [0.15, 0.2) is 5.01 Å². The summed E-state index contributed by atoms with van der Waals surface area (Å²) >= 11 is 1.43. The number of hydrogen-bond acceptors (Lipinski definition) is 5. The third-order valence-corrected chi connectivity index (χ3v) is 4.53. The zero-order chi connectivity index (χ0) is 15.6. The van der Waals surface area contributed by atoms with Gasteiger partial charge >= 0.3 is 0 Å². The van der Waals surface area contributed by atoms with Crippen LogP contribution in [0.15, 0.2) is 10.9 Å². The van der Waals surface area contributed by atoms with Crippen LogP contribution in [0.5, 0.6) is 0 Å². The molecule has 0 saturated heterocycles. The van der Waals surface area contributed by atoms with Crippen molar-refractivity contribution < 1.29 is 0 Å². The van der Waals surface area contributed by atoms with E-state index in [1.807, 2.05) is 25.3 Å². The van der Waals surface area contributed by atoms with Crippen molar-refractivity contribution in [1.82, 2.24) is 14.8 Å². The average Bonchev–Trinajstić information content (AvgIpc) is 2.86. The highest BCUT2D eigenvalue weighted by Gasteiger charge is 2.18. The van der Waals surface area contributed by atoms with E-state index in [-0.39, 0.29) is 11.6 Å². The molecule has 2 rings (SSSR count). The lowest BCUT2D eigenvalue weighted by molar-refractivity contribution is 0.503. The summed E-state index contributed by atoms with van der Waals surface area (Å²) in [4.78, 5) is 12.9. The summed E-state index contributed by atoms with van der Waals surface area (Å²) in [6, 6.07) is 2.23. The van der Waals surface area contributed by atoms with Crippen molar-refractivity contribution in [3.8, 4) is 10.6 Å². The molecular weight excluding hydrogens is 284 g/mol. The van der Waals surface area contributed by atoms with Gasteiger partial charge in [-0.15, -0.1) is 10.2 Å². The van der Waals surface area contributed by atoms with Crippen molar-refractivity contribution in [3.63, 3.8) is 0 Å². The first-order valence-corrected chi connectivity index (χ1v) is 8.11. The van der Waals surface area contributed by atoms with Gasteiger partial charge in [0.05, 0.1) is 5.56 Å². The van der Waals surface area contributed by atoms with Gasteiger partial charge in [-0.25, -0.2) is 0 Å². The van der Waals surface area contributed by atoms with E-state index >= 15 is 0 Å². The van der Waals surface area contributed by atoms with Crippen molar-refractivity contribution in [1.29, 1.82) is 0 Å². The molecule has 0 aliphatic carbocycles. The SMILES string of the molecule is CCNc1nnc(-c2c(C)cc(C)n(C(C)CC)c2=O)s1. The van der Waals surface area contributed by atoms with E-state index in [2.05, 4.69) is 35.4 Å². The van der Waals surface area contributed by atoms with E-state index < -0.39 is 0 Å². The number of pyridine rings is 1. The average molecular weight is 306 g/mol. The van der Waals surface area contributed by atoms with Crippen LogP contribution in [0.25, 0.3) is 10.6 Å². The fourth-order valence-corrected chi connectivity index (χ4v) is 3.36. The summed E-state index contributed by atoms with van der Waals surface area (Å²) in [6.45, 7) is 10.9. The minimum absolute atomic E-state index is 0.0287. The Kier molecular flexibility index (Phi) is 4.77. The van der Waals surface area contributed by atoms with Crippen LogP contribution in [-0.2, 0) is 0 Å². The number of aromatic nitrogens is 3. The van der Waals surface area contributed by atoms with Crippen LogP contribution < -0.4 is 10.9 Å². The molecule has 6 heteroatoms. The van der Waals surface area contributed by atoms with Crippen LogP contribution >= 0.6 is 11.3 Å². The highest BCUT2D eigenvalue weighted by Crippen LogP contribution is 2.27. The van der Waals surface area contributed by atoms with Gasteiger partial charge in [0.1, 0.15) is 0 Å². The number of anilines is 1. The fourth-order valence-electron chi connectivity index (χ4n) is 2.44. The highest BCUT2D eigenvalue weighted by atomic mass is 32.1. The standard InChI is InChI=1S/C15H22N4OS/c1-6-10(4)19-11(5)8-9(3)12(14(19)20)13-17-18-15(21-13)16-7-2/h8,10H,6-7H2,1-5H3,(H,16,18). The van der Waals surface area contributed by atoms with Crippen LogP contribution in [0.4, 0.5) is 5.13 Å². The summed E-state index contributed by atoms with van der Waals surface area (Å²) in [5.41, 5.74) is 2.65. The molecule has 2 heterocycles. The predicted octanol–water partition coefficient (Wildman–Crippen LogP) is 3.39. The summed E-state index contributed by atoms with van der Waals surface area (Å²) < 4.78 is 1.86. The Morgan fingerprint density at radius 2 is 2.05 bits per heavy atom. The molecule has 0 radical (unpaired) electrons. The maximum Gasteiger partial charge on any atom is 0.261 e. The van der Waals surface area contributed by atoms with E-state index in [1.54, 1.807) is 0 Å². The number of nitrogens with zero attached hydrogens (tertiary/aromatic N) is 3. The molecule has 114 valence electrons. The number of hydrogen-bond donors (Lipinski definition) is 1. The Labute approximate surface area is 129 Å². The molecule has 0 amide bonds. The molecule has 0 aliphatic rings. The third kappa shape index (κ3) is 3.00. The van der Waals surface area contributed by atoms with Crippen LogP contribution in [0, 0.1) is 13.8 Å². The molecule has 21 heavy (non-hydrogen) atoms. The zero-order valence-electron chi connectivity index (χ0n) is 13.2. The van der Waals surface area contributed by atoms with E-state index in [4.69, 9.17) is 0 Å². The highest BCUT2D eigenvalue weighted by molar-refractivity contribution is 7.18. The third-order valence-electron chi connectivity index (χ3n) is 3.63. The normalized spacial score (nSPS) is 12.4. The molecule has 0 bridgehead atoms. The monoisotopic (exact) mass is 306 g/mol. The van der Waals surface area contributed by atoms with Gasteiger partial charge in [0.25, 0.3) is 5.56 Å². The summed E-state index contributed by atoms with van der Waals surface area (Å²) in [5, 5.41) is 12.8. The lowest BCUT2D eigenvalue weighted by Gasteiger charge is -2.18. The summed E-state index contributed by atoms with van der Waals surface area (Å²) in [6.07, 6.45) is 0.919. The van der Waals surface area contributed by atoms with Gasteiger partial charge in [-0.3, -0.25) is 4.79 Å². The second kappa shape index (κ2) is 6.39. The summed E-state index contributed by atoms with van der Waals surface area (Å²) in [5.74, 6) is 0. The molecule has 1 atom stereocenters. The largest absolute Gasteiger partial charge is 0.360 e. The van der Waals surface area contributed by atoms with E-state index in [0.29, 0.717) is 10.6 Å². The molecule has 2 aromatic rings. The lowest BCUT2D eigenvalue weighted by atomic mass is 10.1. The summed E-state index contributed by atoms with van der Waals surface area (Å²) in [7, 11) is 0. The minimum Gasteiger partial charge on any atom is -0.360 e. The maximum absolute atomic E-state index is 12.9. The first-order chi connectivity index (χ1) is 9.99. The molecule has 1 N–H and O–H groups in total. The van der Waals surface area contributed by atoms with Crippen molar-refractivity contribution in [2.24, 2.45) is 0 Å². The van der Waals surface area contributed by atoms with E-state index in [9.17, 15) is 4.79 Å². The maximum atomic E-state index is 12.9. The van der Waals surface area contributed by atoms with Gasteiger partial charge in [0, 0.05) is 18.3 Å². The number of nitrogens with one attached hydrogen (secondary N) is 1. The Hall–Kier alpha value is -1.69. The van der Waals surface area contributed by atoms with Crippen LogP contribution in [0.2, 0.25) is 0 Å². The molecular formula is C15H22N4OS. The zero-order valence-corrected chi connectivity index (χ0v) is 14.0. The predicted molar refractivity (Wildman–Crippen MR) is 88.2 cm³/mol. The Bertz CT molecular complexity index is 689. The fraction of sp³-hybridized carbons (Fsp3) is 0.533. The van der Waals surface area contributed by atoms with Crippen LogP contribution in [0.3, 0.4) is 0 Å². The number of aryl methyl sites for hydroxylation is 2. The minimum atomic E-state index is 0.0287. The van der Waals surface area contributed by atoms with E-state index in [0.717, 1.165) is 29.4 Å². The molecule has 0 aromatic carbocycles. The van der Waals surface area contributed by atoms with Gasteiger partial charge in [-0.1, -0.05) is 18.3 Å². The van der Waals surface area contributed by atoms with Crippen molar-refractivity contribution in [2.45, 2.75) is 47.1 Å². The molecule has 2 aromatic heterocycles. The molecule has 0 saturated carbocycles. The molecule has 0 spiro atoms. The first-order valence-electron chi connectivity index (χ1n) is 7.30. The Morgan fingerprint density at radius 3 is 2.67 bits per heavy atom. The second-order valence-corrected chi connectivity index (χ2v) is 6.20. The molecule has 0 aliphatic heterocycles. The van der Waals surface area contributed by atoms with Crippen LogP contribution in [0.1, 0.15) is 44.5 Å². The quantitative estimate of drug-likeness (QED) is 0.920. The molecule has 0 fully saturated rings. The second-order valence-electron chi connectivity index (χ2n) is 5.22. The topological polar surface area (TPSA) is 59.8 Å². The first kappa shape index (κ1) is 15.7. The Balaban J connectivity index is 2.60. The Morgan fingerprint density at radius 1 is 1.33 bits per heavy atom. The van der Waals surface area contributed by atoms with E-state index in [1.165, 1.54) is 11.3 Å². The molecule has 1 unspecified atom stereocenters. The van der Waals surface area contributed by atoms with Gasteiger partial charge in [-0.2, -0.15) is 0 Å². The van der Waals surface area contributed by atoms with Gasteiger partial charge < -0.3 is 9.88 Å². The smallest absolute Gasteiger partial charge is 0.261 e. The molecule has 5 nitrogen and oxygen atoms in total. The van der Waals surface area contributed by atoms with Crippen molar-refractivity contribution in [3.05, 3.63) is 27.7 Å². The van der Waals surface area contributed by atoms with Gasteiger partial charge in [0.2, 0.25) is 5.13 Å². The van der Waals surface area contributed by atoms with Crippen LogP contribution in [-0.4, -0.2) is 21.3 Å².